The number of halogens is 1. The summed E-state index contributed by atoms with van der Waals surface area (Å²) in [5.41, 5.74) is 0.552. The molecule has 1 saturated heterocycles. The van der Waals surface area contributed by atoms with Crippen LogP contribution >= 0.6 is 22.9 Å². The van der Waals surface area contributed by atoms with Crippen LogP contribution in [0.25, 0.3) is 0 Å². The van der Waals surface area contributed by atoms with Crippen molar-refractivity contribution in [2.75, 3.05) is 45.2 Å². The number of carbonyl (C=O) groups excluding carboxylic acids is 2. The van der Waals surface area contributed by atoms with E-state index >= 15 is 0 Å². The van der Waals surface area contributed by atoms with E-state index in [1.54, 1.807) is 25.3 Å². The zero-order chi connectivity index (χ0) is 18.5. The number of ether oxygens (including phenoxy) is 1. The molecule has 3 rings (SSSR count). The van der Waals surface area contributed by atoms with Gasteiger partial charge in [-0.1, -0.05) is 17.7 Å². The van der Waals surface area contributed by atoms with Gasteiger partial charge in [0, 0.05) is 31.2 Å². The van der Waals surface area contributed by atoms with Crippen molar-refractivity contribution < 1.29 is 14.3 Å². The summed E-state index contributed by atoms with van der Waals surface area (Å²) in [4.78, 5) is 29.3. The van der Waals surface area contributed by atoms with Gasteiger partial charge in [0.1, 0.15) is 5.75 Å². The van der Waals surface area contributed by atoms with E-state index < -0.39 is 0 Å². The minimum absolute atomic E-state index is 0.0627. The molecular formula is C18H20ClN3O3S. The number of piperazine rings is 1. The van der Waals surface area contributed by atoms with E-state index in [1.165, 1.54) is 11.3 Å². The number of amides is 2. The van der Waals surface area contributed by atoms with Crippen molar-refractivity contribution >= 4 is 40.4 Å². The number of benzene rings is 1. The second-order valence-corrected chi connectivity index (χ2v) is 7.32. The van der Waals surface area contributed by atoms with Gasteiger partial charge in [-0.3, -0.25) is 14.5 Å². The molecule has 0 atom stereocenters. The van der Waals surface area contributed by atoms with Crippen LogP contribution in [0.2, 0.25) is 5.02 Å². The zero-order valence-electron chi connectivity index (χ0n) is 14.4. The van der Waals surface area contributed by atoms with Crippen LogP contribution in [0.4, 0.5) is 5.69 Å². The molecule has 2 aromatic rings. The van der Waals surface area contributed by atoms with Gasteiger partial charge in [-0.2, -0.15) is 0 Å². The van der Waals surface area contributed by atoms with E-state index in [-0.39, 0.29) is 18.4 Å². The minimum Gasteiger partial charge on any atom is -0.495 e. The summed E-state index contributed by atoms with van der Waals surface area (Å²) in [6.07, 6.45) is 0. The molecule has 138 valence electrons. The summed E-state index contributed by atoms with van der Waals surface area (Å²) < 4.78 is 5.24. The van der Waals surface area contributed by atoms with E-state index in [1.807, 2.05) is 27.3 Å². The number of nitrogens with zero attached hydrogens (tertiary/aromatic N) is 2. The topological polar surface area (TPSA) is 61.9 Å². The number of thiophene rings is 1. The molecule has 1 aliphatic heterocycles. The maximum Gasteiger partial charge on any atom is 0.264 e. The number of anilines is 1. The van der Waals surface area contributed by atoms with Gasteiger partial charge >= 0.3 is 0 Å². The van der Waals surface area contributed by atoms with E-state index in [2.05, 4.69) is 5.32 Å². The summed E-state index contributed by atoms with van der Waals surface area (Å²) in [5, 5.41) is 5.27. The maximum absolute atomic E-state index is 12.3. The summed E-state index contributed by atoms with van der Waals surface area (Å²) in [5.74, 6) is 0.491. The normalized spacial score (nSPS) is 14.9. The highest BCUT2D eigenvalue weighted by Crippen LogP contribution is 2.27. The number of carbonyl (C=O) groups is 2. The molecular weight excluding hydrogens is 374 g/mol. The third kappa shape index (κ3) is 4.55. The summed E-state index contributed by atoms with van der Waals surface area (Å²) in [6.45, 7) is 2.82. The molecule has 1 aromatic heterocycles. The van der Waals surface area contributed by atoms with Crippen LogP contribution in [0.5, 0.6) is 5.75 Å². The second kappa shape index (κ2) is 8.53. The van der Waals surface area contributed by atoms with Crippen molar-refractivity contribution in [3.63, 3.8) is 0 Å². The third-order valence-corrected chi connectivity index (χ3v) is 5.29. The van der Waals surface area contributed by atoms with Crippen molar-refractivity contribution in [3.05, 3.63) is 45.6 Å². The average molecular weight is 394 g/mol. The van der Waals surface area contributed by atoms with Crippen molar-refractivity contribution in [3.8, 4) is 5.75 Å². The third-order valence-electron chi connectivity index (χ3n) is 4.19. The summed E-state index contributed by atoms with van der Waals surface area (Å²) in [7, 11) is 1.54. The molecule has 0 spiro atoms. The Hall–Kier alpha value is -2.09. The highest BCUT2D eigenvalue weighted by atomic mass is 35.5. The monoisotopic (exact) mass is 393 g/mol. The molecule has 26 heavy (non-hydrogen) atoms. The first-order chi connectivity index (χ1) is 12.6. The van der Waals surface area contributed by atoms with Gasteiger partial charge in [0.25, 0.3) is 5.91 Å². The summed E-state index contributed by atoms with van der Waals surface area (Å²) >= 11 is 7.43. The smallest absolute Gasteiger partial charge is 0.264 e. The Morgan fingerprint density at radius 2 is 2.00 bits per heavy atom. The maximum atomic E-state index is 12.3. The molecule has 1 aliphatic rings. The predicted molar refractivity (Wildman–Crippen MR) is 103 cm³/mol. The first kappa shape index (κ1) is 18.7. The molecule has 6 nitrogen and oxygen atoms in total. The molecule has 1 fully saturated rings. The van der Waals surface area contributed by atoms with Gasteiger partial charge in [-0.15, -0.1) is 11.3 Å². The van der Waals surface area contributed by atoms with Gasteiger partial charge < -0.3 is 15.0 Å². The van der Waals surface area contributed by atoms with E-state index in [9.17, 15) is 9.59 Å². The minimum atomic E-state index is -0.136. The van der Waals surface area contributed by atoms with E-state index in [4.69, 9.17) is 16.3 Å². The Kier molecular flexibility index (Phi) is 6.13. The highest BCUT2D eigenvalue weighted by molar-refractivity contribution is 7.12. The first-order valence-electron chi connectivity index (χ1n) is 8.25. The van der Waals surface area contributed by atoms with Crippen LogP contribution in [0.15, 0.2) is 35.7 Å². The second-order valence-electron chi connectivity index (χ2n) is 5.94. The van der Waals surface area contributed by atoms with Crippen molar-refractivity contribution in [2.45, 2.75) is 0 Å². The van der Waals surface area contributed by atoms with Gasteiger partial charge in [-0.25, -0.2) is 0 Å². The summed E-state index contributed by atoms with van der Waals surface area (Å²) in [6, 6.07) is 8.80. The predicted octanol–water partition coefficient (Wildman–Crippen LogP) is 2.81. The lowest BCUT2D eigenvalue weighted by Gasteiger charge is -2.34. The quantitative estimate of drug-likeness (QED) is 0.848. The molecule has 0 bridgehead atoms. The average Bonchev–Trinajstić information content (AvgIpc) is 3.16. The van der Waals surface area contributed by atoms with Crippen molar-refractivity contribution in [1.82, 2.24) is 9.80 Å². The van der Waals surface area contributed by atoms with Gasteiger partial charge in [-0.05, 0) is 29.6 Å². The van der Waals surface area contributed by atoms with Gasteiger partial charge in [0.15, 0.2) is 0 Å². The van der Waals surface area contributed by atoms with Crippen LogP contribution in [-0.2, 0) is 4.79 Å². The van der Waals surface area contributed by atoms with Crippen LogP contribution in [0.3, 0.4) is 0 Å². The number of rotatable bonds is 5. The molecule has 0 unspecified atom stereocenters. The Bertz CT molecular complexity index is 774. The molecule has 0 saturated carbocycles. The lowest BCUT2D eigenvalue weighted by Crippen LogP contribution is -2.50. The molecule has 1 aromatic carbocycles. The highest BCUT2D eigenvalue weighted by Gasteiger charge is 2.24. The molecule has 0 radical (unpaired) electrons. The van der Waals surface area contributed by atoms with Crippen molar-refractivity contribution in [2.24, 2.45) is 0 Å². The van der Waals surface area contributed by atoms with Gasteiger partial charge in [0.05, 0.1) is 24.2 Å². The Morgan fingerprint density at radius 3 is 2.65 bits per heavy atom. The Balaban J connectivity index is 1.51. The fourth-order valence-electron chi connectivity index (χ4n) is 2.84. The molecule has 1 N–H and O–H groups in total. The fraction of sp³-hybridized carbons (Fsp3) is 0.333. The molecule has 0 aliphatic carbocycles. The lowest BCUT2D eigenvalue weighted by atomic mass is 10.2. The van der Waals surface area contributed by atoms with Crippen LogP contribution in [-0.4, -0.2) is 61.4 Å². The Labute approximate surface area is 161 Å². The van der Waals surface area contributed by atoms with E-state index in [0.29, 0.717) is 42.6 Å². The van der Waals surface area contributed by atoms with Gasteiger partial charge in [0.2, 0.25) is 5.91 Å². The van der Waals surface area contributed by atoms with Crippen LogP contribution < -0.4 is 10.1 Å². The van der Waals surface area contributed by atoms with Crippen LogP contribution in [0.1, 0.15) is 9.67 Å². The molecule has 2 heterocycles. The number of nitrogens with one attached hydrogen (secondary N) is 1. The number of hydrogen-bond donors (Lipinski definition) is 1. The Morgan fingerprint density at radius 1 is 1.23 bits per heavy atom. The SMILES string of the molecule is COc1ccc(Cl)cc1NC(=O)CN1CCN(C(=O)c2cccs2)CC1. The number of methoxy groups -OCH3 is 1. The molecule has 8 heteroatoms. The van der Waals surface area contributed by atoms with Crippen molar-refractivity contribution in [1.29, 1.82) is 0 Å². The zero-order valence-corrected chi connectivity index (χ0v) is 16.0. The standard InChI is InChI=1S/C18H20ClN3O3S/c1-25-15-5-4-13(19)11-14(15)20-17(23)12-21-6-8-22(9-7-21)18(24)16-3-2-10-26-16/h2-5,10-11H,6-9,12H2,1H3,(H,20,23). The van der Waals surface area contributed by atoms with Crippen LogP contribution in [0, 0.1) is 0 Å². The first-order valence-corrected chi connectivity index (χ1v) is 9.51. The fourth-order valence-corrected chi connectivity index (χ4v) is 3.70. The van der Waals surface area contributed by atoms with E-state index in [0.717, 1.165) is 4.88 Å². The number of hydrogen-bond acceptors (Lipinski definition) is 5. The largest absolute Gasteiger partial charge is 0.495 e. The molecule has 2 amide bonds. The lowest BCUT2D eigenvalue weighted by molar-refractivity contribution is -0.117.